The van der Waals surface area contributed by atoms with E-state index in [0.717, 1.165) is 0 Å². The Morgan fingerprint density at radius 1 is 1.12 bits per heavy atom. The summed E-state index contributed by atoms with van der Waals surface area (Å²) >= 11 is 0. The Kier molecular flexibility index (Phi) is 7.52. The summed E-state index contributed by atoms with van der Waals surface area (Å²) in [4.78, 5) is 38.0. The fourth-order valence-corrected chi connectivity index (χ4v) is 3.08. The summed E-state index contributed by atoms with van der Waals surface area (Å²) in [6.07, 6.45) is 0.841. The highest BCUT2D eigenvalue weighted by Gasteiger charge is 2.35. The van der Waals surface area contributed by atoms with Gasteiger partial charge in [0, 0.05) is 12.6 Å². The highest BCUT2D eigenvalue weighted by molar-refractivity contribution is 5.97. The smallest absolute Gasteiger partial charge is 0.410 e. The van der Waals surface area contributed by atoms with E-state index in [1.165, 1.54) is 30.4 Å². The first kappa shape index (κ1) is 24.7. The van der Waals surface area contributed by atoms with E-state index in [1.54, 1.807) is 46.8 Å². The molecule has 0 atom stereocenters. The normalized spacial score (nSPS) is 13.9. The van der Waals surface area contributed by atoms with Crippen molar-refractivity contribution in [3.8, 4) is 5.75 Å². The molecule has 0 saturated carbocycles. The van der Waals surface area contributed by atoms with Gasteiger partial charge in [0.2, 0.25) is 0 Å². The average molecular weight is 469 g/mol. The number of carbonyl (C=O) groups excluding carboxylic acids is 3. The zero-order chi connectivity index (χ0) is 24.9. The van der Waals surface area contributed by atoms with Crippen LogP contribution >= 0.6 is 0 Å². The third kappa shape index (κ3) is 6.32. The van der Waals surface area contributed by atoms with Gasteiger partial charge in [0.15, 0.2) is 0 Å². The van der Waals surface area contributed by atoms with Crippen LogP contribution in [-0.4, -0.2) is 71.1 Å². The molecular weight excluding hydrogens is 440 g/mol. The molecule has 0 spiro atoms. The van der Waals surface area contributed by atoms with Gasteiger partial charge in [0.05, 0.1) is 24.9 Å². The molecule has 1 saturated heterocycles. The van der Waals surface area contributed by atoms with Crippen molar-refractivity contribution in [2.45, 2.75) is 32.5 Å². The van der Waals surface area contributed by atoms with Crippen LogP contribution in [0.15, 0.2) is 53.6 Å². The third-order valence-electron chi connectivity index (χ3n) is 4.86. The lowest BCUT2D eigenvalue weighted by Gasteiger charge is -2.39. The van der Waals surface area contributed by atoms with Crippen molar-refractivity contribution < 1.29 is 29.1 Å². The summed E-state index contributed by atoms with van der Waals surface area (Å²) in [6.45, 7) is 6.17. The van der Waals surface area contributed by atoms with Gasteiger partial charge in [0.1, 0.15) is 17.5 Å². The number of amides is 3. The molecule has 3 amide bonds. The van der Waals surface area contributed by atoms with Crippen LogP contribution in [0.3, 0.4) is 0 Å². The first-order chi connectivity index (χ1) is 16.1. The molecule has 10 nitrogen and oxygen atoms in total. The van der Waals surface area contributed by atoms with Crippen molar-refractivity contribution in [3.05, 3.63) is 65.2 Å². The molecule has 0 bridgehead atoms. The maximum Gasteiger partial charge on any atom is 0.410 e. The van der Waals surface area contributed by atoms with Gasteiger partial charge in [-0.05, 0) is 50.6 Å². The van der Waals surface area contributed by atoms with Crippen molar-refractivity contribution in [2.24, 2.45) is 5.10 Å². The van der Waals surface area contributed by atoms with Crippen LogP contribution < -0.4 is 10.2 Å². The van der Waals surface area contributed by atoms with E-state index in [0.29, 0.717) is 30.0 Å². The minimum atomic E-state index is -0.618. The summed E-state index contributed by atoms with van der Waals surface area (Å²) in [7, 11) is 1.52. The monoisotopic (exact) mass is 468 g/mol. The Bertz CT molecular complexity index is 1070. The Balaban J connectivity index is 1.60. The number of hydrogen-bond donors (Lipinski definition) is 2. The summed E-state index contributed by atoms with van der Waals surface area (Å²) in [6, 6.07) is 13.2. The van der Waals surface area contributed by atoms with Gasteiger partial charge in [-0.2, -0.15) is 5.10 Å². The standard InChI is InChI=1S/C24H28N4O6/c1-24(2,3)34-23(31)28-14-18(15-28)33-20-8-6-5-7-19(20)22(30)27(4)25-13-16-9-11-17(12-10-16)21(29)26-32/h5-13,18,32H,14-15H2,1-4H3,(H,26,29)/b25-13+. The van der Waals surface area contributed by atoms with Crippen LogP contribution in [-0.2, 0) is 4.74 Å². The molecule has 180 valence electrons. The highest BCUT2D eigenvalue weighted by atomic mass is 16.6. The van der Waals surface area contributed by atoms with E-state index in [9.17, 15) is 14.4 Å². The lowest BCUT2D eigenvalue weighted by atomic mass is 10.1. The molecule has 2 aromatic rings. The van der Waals surface area contributed by atoms with Crippen molar-refractivity contribution in [1.29, 1.82) is 0 Å². The van der Waals surface area contributed by atoms with Gasteiger partial charge in [0.25, 0.3) is 11.8 Å². The number of hydrogen-bond acceptors (Lipinski definition) is 7. The second-order valence-corrected chi connectivity index (χ2v) is 8.76. The number of rotatable bonds is 6. The van der Waals surface area contributed by atoms with Crippen LogP contribution in [0.4, 0.5) is 4.79 Å². The average Bonchev–Trinajstić information content (AvgIpc) is 2.77. The molecule has 2 N–H and O–H groups in total. The summed E-state index contributed by atoms with van der Waals surface area (Å²) < 4.78 is 11.3. The van der Waals surface area contributed by atoms with Crippen LogP contribution in [0.1, 0.15) is 47.1 Å². The number of hydroxylamine groups is 1. The molecular formula is C24H28N4O6. The number of ether oxygens (including phenoxy) is 2. The number of nitrogens with one attached hydrogen (secondary N) is 1. The van der Waals surface area contributed by atoms with E-state index in [2.05, 4.69) is 5.10 Å². The summed E-state index contributed by atoms with van der Waals surface area (Å²) in [5.41, 5.74) is 2.29. The van der Waals surface area contributed by atoms with Crippen LogP contribution in [0.2, 0.25) is 0 Å². The minimum absolute atomic E-state index is 0.245. The Hall–Kier alpha value is -3.92. The van der Waals surface area contributed by atoms with E-state index >= 15 is 0 Å². The zero-order valence-electron chi connectivity index (χ0n) is 19.5. The Morgan fingerprint density at radius 3 is 2.38 bits per heavy atom. The molecule has 1 fully saturated rings. The van der Waals surface area contributed by atoms with Gasteiger partial charge in [-0.15, -0.1) is 0 Å². The minimum Gasteiger partial charge on any atom is -0.486 e. The first-order valence-electron chi connectivity index (χ1n) is 10.7. The lowest BCUT2D eigenvalue weighted by Crippen LogP contribution is -2.57. The zero-order valence-corrected chi connectivity index (χ0v) is 19.5. The topological polar surface area (TPSA) is 121 Å². The van der Waals surface area contributed by atoms with E-state index in [4.69, 9.17) is 14.7 Å². The number of benzene rings is 2. The Labute approximate surface area is 197 Å². The molecule has 0 aliphatic carbocycles. The maximum atomic E-state index is 13.0. The first-order valence-corrected chi connectivity index (χ1v) is 10.7. The number of nitrogens with zero attached hydrogens (tertiary/aromatic N) is 3. The second-order valence-electron chi connectivity index (χ2n) is 8.76. The second kappa shape index (κ2) is 10.3. The van der Waals surface area contributed by atoms with Crippen LogP contribution in [0.5, 0.6) is 5.75 Å². The van der Waals surface area contributed by atoms with Gasteiger partial charge >= 0.3 is 6.09 Å². The van der Waals surface area contributed by atoms with E-state index < -0.39 is 17.6 Å². The van der Waals surface area contributed by atoms with E-state index in [1.807, 2.05) is 20.8 Å². The van der Waals surface area contributed by atoms with Gasteiger partial charge in [-0.25, -0.2) is 15.3 Å². The fourth-order valence-electron chi connectivity index (χ4n) is 3.08. The van der Waals surface area contributed by atoms with Crippen molar-refractivity contribution in [1.82, 2.24) is 15.4 Å². The van der Waals surface area contributed by atoms with Gasteiger partial charge in [-0.1, -0.05) is 24.3 Å². The molecule has 34 heavy (non-hydrogen) atoms. The molecule has 2 aromatic carbocycles. The van der Waals surface area contributed by atoms with Gasteiger partial charge in [-0.3, -0.25) is 14.8 Å². The summed E-state index contributed by atoms with van der Waals surface area (Å²) in [5, 5.41) is 14.0. The number of carbonyl (C=O) groups is 3. The molecule has 0 unspecified atom stereocenters. The van der Waals surface area contributed by atoms with Crippen molar-refractivity contribution in [3.63, 3.8) is 0 Å². The predicted molar refractivity (Wildman–Crippen MR) is 124 cm³/mol. The third-order valence-corrected chi connectivity index (χ3v) is 4.86. The molecule has 1 heterocycles. The van der Waals surface area contributed by atoms with Crippen LogP contribution in [0.25, 0.3) is 0 Å². The van der Waals surface area contributed by atoms with Gasteiger partial charge < -0.3 is 14.4 Å². The fraction of sp³-hybridized carbons (Fsp3) is 0.333. The largest absolute Gasteiger partial charge is 0.486 e. The number of para-hydroxylation sites is 1. The molecule has 0 radical (unpaired) electrons. The van der Waals surface area contributed by atoms with Crippen molar-refractivity contribution >= 4 is 24.1 Å². The molecule has 10 heteroatoms. The van der Waals surface area contributed by atoms with E-state index in [-0.39, 0.29) is 17.6 Å². The predicted octanol–water partition coefficient (Wildman–Crippen LogP) is 2.91. The lowest BCUT2D eigenvalue weighted by molar-refractivity contribution is -0.0223. The quantitative estimate of drug-likeness (QED) is 0.382. The maximum absolute atomic E-state index is 13.0. The molecule has 3 rings (SSSR count). The SMILES string of the molecule is CN(/N=C/c1ccc(C(=O)NO)cc1)C(=O)c1ccccc1OC1CN(C(=O)OC(C)(C)C)C1. The molecule has 0 aromatic heterocycles. The van der Waals surface area contributed by atoms with Crippen LogP contribution in [0, 0.1) is 0 Å². The number of hydrazone groups is 1. The highest BCUT2D eigenvalue weighted by Crippen LogP contribution is 2.25. The molecule has 1 aliphatic rings. The molecule has 1 aliphatic heterocycles. The Morgan fingerprint density at radius 2 is 1.76 bits per heavy atom. The summed E-state index contributed by atoms with van der Waals surface area (Å²) in [5.74, 6) is -0.581. The van der Waals surface area contributed by atoms with Crippen molar-refractivity contribution in [2.75, 3.05) is 20.1 Å². The number of likely N-dealkylation sites (tertiary alicyclic amines) is 1.